The smallest absolute Gasteiger partial charge is 0.108 e. The third kappa shape index (κ3) is 2.53. The Balaban J connectivity index is 1.76. The summed E-state index contributed by atoms with van der Waals surface area (Å²) in [6.45, 7) is 9.53. The lowest BCUT2D eigenvalue weighted by Gasteiger charge is -2.39. The molecule has 0 N–H and O–H groups in total. The molecular formula is C25H26S2. The van der Waals surface area contributed by atoms with Crippen molar-refractivity contribution in [2.75, 3.05) is 0 Å². The summed E-state index contributed by atoms with van der Waals surface area (Å²) in [5, 5.41) is 1.25. The Bertz CT molecular complexity index is 933. The lowest BCUT2D eigenvalue weighted by Crippen LogP contribution is -2.27. The van der Waals surface area contributed by atoms with Gasteiger partial charge in [-0.15, -0.1) is 23.5 Å². The average Bonchev–Trinajstić information content (AvgIpc) is 3.18. The normalized spacial score (nSPS) is 32.0. The summed E-state index contributed by atoms with van der Waals surface area (Å²) in [6, 6.07) is 22.3. The van der Waals surface area contributed by atoms with Gasteiger partial charge in [-0.3, -0.25) is 0 Å². The van der Waals surface area contributed by atoms with Crippen molar-refractivity contribution in [3.05, 3.63) is 89.0 Å². The van der Waals surface area contributed by atoms with E-state index < -0.39 is 0 Å². The molecule has 2 aromatic carbocycles. The standard InChI is InChI=1S/C25H26S2/c1-16-21(17-11-7-5-8-12-17)19-15-20(24(2,3)4)23-22(19)26-25(16,27-23)18-13-9-6-10-14-18/h5-15,19,22-23H,1-4H3/t19-,22+,23-,25-/m1/s1. The van der Waals surface area contributed by atoms with Gasteiger partial charge >= 0.3 is 0 Å². The maximum atomic E-state index is 2.62. The number of fused-ring (bicyclic) bond motifs is 1. The third-order valence-corrected chi connectivity index (χ3v) is 10.4. The summed E-state index contributed by atoms with van der Waals surface area (Å²) in [5.74, 6) is 0.531. The maximum Gasteiger partial charge on any atom is 0.108 e. The van der Waals surface area contributed by atoms with Crippen LogP contribution in [-0.4, -0.2) is 10.5 Å². The molecule has 4 atom stereocenters. The van der Waals surface area contributed by atoms with Crippen molar-refractivity contribution in [3.63, 3.8) is 0 Å². The first-order chi connectivity index (χ1) is 12.9. The van der Waals surface area contributed by atoms with E-state index in [2.05, 4.69) is 118 Å². The molecule has 0 radical (unpaired) electrons. The van der Waals surface area contributed by atoms with Crippen LogP contribution in [0.4, 0.5) is 0 Å². The molecule has 0 aromatic heterocycles. The predicted molar refractivity (Wildman–Crippen MR) is 121 cm³/mol. The van der Waals surface area contributed by atoms with Crippen LogP contribution < -0.4 is 0 Å². The van der Waals surface area contributed by atoms with E-state index in [9.17, 15) is 0 Å². The Morgan fingerprint density at radius 1 is 0.852 bits per heavy atom. The van der Waals surface area contributed by atoms with Gasteiger partial charge in [0.25, 0.3) is 0 Å². The molecule has 2 aromatic rings. The molecule has 0 saturated carbocycles. The van der Waals surface area contributed by atoms with E-state index in [1.165, 1.54) is 11.1 Å². The highest BCUT2D eigenvalue weighted by Crippen LogP contribution is 2.73. The zero-order valence-corrected chi connectivity index (χ0v) is 18.0. The van der Waals surface area contributed by atoms with Gasteiger partial charge in [-0.25, -0.2) is 0 Å². The van der Waals surface area contributed by atoms with Crippen molar-refractivity contribution in [3.8, 4) is 0 Å². The van der Waals surface area contributed by atoms with Gasteiger partial charge in [-0.2, -0.15) is 0 Å². The Kier molecular flexibility index (Phi) is 3.97. The third-order valence-electron chi connectivity index (χ3n) is 6.25. The zero-order valence-electron chi connectivity index (χ0n) is 16.4. The van der Waals surface area contributed by atoms with Crippen LogP contribution >= 0.6 is 23.5 Å². The van der Waals surface area contributed by atoms with Crippen LogP contribution in [0.5, 0.6) is 0 Å². The first-order valence-electron chi connectivity index (χ1n) is 9.82. The Labute approximate surface area is 171 Å². The zero-order chi connectivity index (χ0) is 18.8. The number of hydrogen-bond donors (Lipinski definition) is 0. The monoisotopic (exact) mass is 390 g/mol. The minimum Gasteiger partial charge on any atom is -0.129 e. The Hall–Kier alpha value is -1.38. The van der Waals surface area contributed by atoms with Gasteiger partial charge in [-0.05, 0) is 34.6 Å². The van der Waals surface area contributed by atoms with E-state index >= 15 is 0 Å². The molecular weight excluding hydrogens is 364 g/mol. The summed E-state index contributed by atoms with van der Waals surface area (Å²) in [5.41, 5.74) is 7.84. The number of hydrogen-bond acceptors (Lipinski definition) is 2. The van der Waals surface area contributed by atoms with E-state index in [4.69, 9.17) is 0 Å². The fourth-order valence-corrected chi connectivity index (χ4v) is 9.53. The molecule has 1 fully saturated rings. The molecule has 2 bridgehead atoms. The van der Waals surface area contributed by atoms with E-state index in [1.54, 1.807) is 16.7 Å². The molecule has 0 amide bonds. The summed E-state index contributed by atoms with van der Waals surface area (Å²) >= 11 is 4.41. The van der Waals surface area contributed by atoms with Gasteiger partial charge in [-0.1, -0.05) is 93.1 Å². The molecule has 2 aliphatic heterocycles. The molecule has 1 aliphatic carbocycles. The fraction of sp³-hybridized carbons (Fsp3) is 0.360. The van der Waals surface area contributed by atoms with Crippen LogP contribution in [-0.2, 0) is 4.08 Å². The molecule has 0 nitrogen and oxygen atoms in total. The van der Waals surface area contributed by atoms with Crippen molar-refractivity contribution in [1.29, 1.82) is 0 Å². The molecule has 3 aliphatic rings. The lowest BCUT2D eigenvalue weighted by atomic mass is 9.84. The lowest BCUT2D eigenvalue weighted by molar-refractivity contribution is 0.494. The largest absolute Gasteiger partial charge is 0.129 e. The summed E-state index contributed by atoms with van der Waals surface area (Å²) in [7, 11) is 0. The number of thioether (sulfide) groups is 2. The Morgan fingerprint density at radius 2 is 1.48 bits per heavy atom. The summed E-state index contributed by atoms with van der Waals surface area (Å²) < 4.78 is 0.0447. The highest BCUT2D eigenvalue weighted by Gasteiger charge is 2.60. The summed E-state index contributed by atoms with van der Waals surface area (Å²) in [6.07, 6.45) is 2.62. The molecule has 0 unspecified atom stereocenters. The van der Waals surface area contributed by atoms with Crippen LogP contribution in [0.25, 0.3) is 5.57 Å². The van der Waals surface area contributed by atoms with Crippen molar-refractivity contribution < 1.29 is 0 Å². The first kappa shape index (κ1) is 17.7. The van der Waals surface area contributed by atoms with E-state index in [0.717, 1.165) is 0 Å². The number of benzene rings is 2. The predicted octanol–water partition coefficient (Wildman–Crippen LogP) is 7.15. The van der Waals surface area contributed by atoms with Crippen molar-refractivity contribution in [2.24, 2.45) is 11.3 Å². The topological polar surface area (TPSA) is 0 Å². The van der Waals surface area contributed by atoms with E-state index in [-0.39, 0.29) is 9.49 Å². The van der Waals surface area contributed by atoms with Crippen molar-refractivity contribution in [1.82, 2.24) is 0 Å². The molecule has 2 heterocycles. The molecule has 27 heavy (non-hydrogen) atoms. The molecule has 1 saturated heterocycles. The van der Waals surface area contributed by atoms with Crippen LogP contribution in [0.15, 0.2) is 77.9 Å². The maximum absolute atomic E-state index is 2.62. The van der Waals surface area contributed by atoms with Gasteiger partial charge in [0.1, 0.15) is 4.08 Å². The van der Waals surface area contributed by atoms with Crippen LogP contribution in [0.1, 0.15) is 38.8 Å². The first-order valence-corrected chi connectivity index (χ1v) is 11.6. The van der Waals surface area contributed by atoms with Gasteiger partial charge in [0.2, 0.25) is 0 Å². The van der Waals surface area contributed by atoms with Crippen LogP contribution in [0.2, 0.25) is 0 Å². The van der Waals surface area contributed by atoms with Gasteiger partial charge < -0.3 is 0 Å². The van der Waals surface area contributed by atoms with Gasteiger partial charge in [0, 0.05) is 16.4 Å². The second-order valence-electron chi connectivity index (χ2n) is 8.91. The van der Waals surface area contributed by atoms with Crippen molar-refractivity contribution in [2.45, 2.75) is 42.3 Å². The average molecular weight is 391 g/mol. The summed E-state index contributed by atoms with van der Waals surface area (Å²) in [4.78, 5) is 0. The van der Waals surface area contributed by atoms with Crippen molar-refractivity contribution >= 4 is 29.1 Å². The van der Waals surface area contributed by atoms with Gasteiger partial charge in [0.05, 0.1) is 0 Å². The highest BCUT2D eigenvalue weighted by molar-refractivity contribution is 8.21. The Morgan fingerprint density at radius 3 is 2.11 bits per heavy atom. The number of allylic oxidation sites excluding steroid dienone is 2. The number of rotatable bonds is 2. The second kappa shape index (κ2) is 6.06. The molecule has 138 valence electrons. The highest BCUT2D eigenvalue weighted by atomic mass is 32.2. The quantitative estimate of drug-likeness (QED) is 0.500. The fourth-order valence-electron chi connectivity index (χ4n) is 4.98. The van der Waals surface area contributed by atoms with E-state index in [0.29, 0.717) is 16.4 Å². The van der Waals surface area contributed by atoms with Gasteiger partial charge in [0.15, 0.2) is 0 Å². The molecule has 2 heteroatoms. The van der Waals surface area contributed by atoms with Crippen LogP contribution in [0, 0.1) is 11.3 Å². The minimum absolute atomic E-state index is 0.0447. The SMILES string of the molecule is CC1=C(c2ccccc2)[C@H]2C=C(C(C)(C)C)[C@H]3S[C@]1(c1ccccc1)S[C@@H]23. The van der Waals surface area contributed by atoms with E-state index in [1.807, 2.05) is 0 Å². The van der Waals surface area contributed by atoms with Crippen LogP contribution in [0.3, 0.4) is 0 Å². The molecule has 0 spiro atoms. The second-order valence-corrected chi connectivity index (χ2v) is 11.9. The minimum atomic E-state index is 0.0447. The molecule has 5 rings (SSSR count).